The summed E-state index contributed by atoms with van der Waals surface area (Å²) in [5, 5.41) is 0. The van der Waals surface area contributed by atoms with E-state index in [-0.39, 0.29) is 17.0 Å². The van der Waals surface area contributed by atoms with Gasteiger partial charge >= 0.3 is 5.97 Å². The number of hydrogen-bond acceptors (Lipinski definition) is 3. The summed E-state index contributed by atoms with van der Waals surface area (Å²) in [5.74, 6) is -0.253. The fraction of sp³-hybridized carbons (Fsp3) is 0.923. The predicted molar refractivity (Wildman–Crippen MR) is 65.3 cm³/mol. The second kappa shape index (κ2) is 4.74. The molecule has 16 heavy (non-hydrogen) atoms. The summed E-state index contributed by atoms with van der Waals surface area (Å²) in [6.07, 6.45) is 0.869. The second-order valence-electron chi connectivity index (χ2n) is 5.50. The molecule has 0 bridgehead atoms. The maximum absolute atomic E-state index is 11.2. The number of carbonyl (C=O) groups is 1. The second-order valence-corrected chi connectivity index (χ2v) is 5.50. The monoisotopic (exact) mass is 230 g/mol. The number of rotatable bonds is 5. The van der Waals surface area contributed by atoms with Gasteiger partial charge in [0.2, 0.25) is 0 Å². The first kappa shape index (κ1) is 15.4. The molecule has 0 rings (SSSR count). The van der Waals surface area contributed by atoms with Crippen molar-refractivity contribution in [3.63, 3.8) is 0 Å². The SMILES string of the molecule is CCC(C)(C(C)(C)OC)C(C)(C)OC(C)=O. The Morgan fingerprint density at radius 2 is 1.50 bits per heavy atom. The van der Waals surface area contributed by atoms with Gasteiger partial charge in [0.05, 0.1) is 5.60 Å². The van der Waals surface area contributed by atoms with Gasteiger partial charge in [-0.3, -0.25) is 4.79 Å². The van der Waals surface area contributed by atoms with Crippen molar-refractivity contribution in [2.45, 2.75) is 66.1 Å². The van der Waals surface area contributed by atoms with Crippen LogP contribution in [0.25, 0.3) is 0 Å². The Labute approximate surface area is 99.5 Å². The molecule has 0 aromatic carbocycles. The molecule has 0 saturated carbocycles. The van der Waals surface area contributed by atoms with Crippen molar-refractivity contribution >= 4 is 5.97 Å². The lowest BCUT2D eigenvalue weighted by molar-refractivity contribution is -0.201. The largest absolute Gasteiger partial charge is 0.459 e. The van der Waals surface area contributed by atoms with Crippen LogP contribution in [0, 0.1) is 5.41 Å². The minimum Gasteiger partial charge on any atom is -0.459 e. The highest BCUT2D eigenvalue weighted by molar-refractivity contribution is 5.66. The zero-order valence-electron chi connectivity index (χ0n) is 11.9. The van der Waals surface area contributed by atoms with Gasteiger partial charge in [0.25, 0.3) is 0 Å². The molecule has 3 nitrogen and oxygen atoms in total. The third-order valence-electron chi connectivity index (χ3n) is 4.27. The minimum atomic E-state index is -0.562. The van der Waals surface area contributed by atoms with Crippen molar-refractivity contribution in [3.05, 3.63) is 0 Å². The number of esters is 1. The summed E-state index contributed by atoms with van der Waals surface area (Å²) in [7, 11) is 1.69. The zero-order chi connectivity index (χ0) is 13.2. The van der Waals surface area contributed by atoms with E-state index in [0.717, 1.165) is 6.42 Å². The molecule has 3 heteroatoms. The van der Waals surface area contributed by atoms with Crippen molar-refractivity contribution in [1.29, 1.82) is 0 Å². The number of carbonyl (C=O) groups excluding carboxylic acids is 1. The van der Waals surface area contributed by atoms with Gasteiger partial charge in [0, 0.05) is 19.4 Å². The number of hydrogen-bond donors (Lipinski definition) is 0. The quantitative estimate of drug-likeness (QED) is 0.680. The average Bonchev–Trinajstić information content (AvgIpc) is 2.13. The van der Waals surface area contributed by atoms with Crippen LogP contribution in [0.3, 0.4) is 0 Å². The maximum Gasteiger partial charge on any atom is 0.303 e. The van der Waals surface area contributed by atoms with Crippen molar-refractivity contribution in [2.75, 3.05) is 7.11 Å². The van der Waals surface area contributed by atoms with Crippen molar-refractivity contribution in [2.24, 2.45) is 5.41 Å². The third-order valence-corrected chi connectivity index (χ3v) is 4.27. The predicted octanol–water partition coefficient (Wildman–Crippen LogP) is 3.17. The molecule has 0 aromatic rings. The lowest BCUT2D eigenvalue weighted by Crippen LogP contribution is -2.57. The molecule has 0 fully saturated rings. The van der Waals surface area contributed by atoms with Crippen molar-refractivity contribution in [1.82, 2.24) is 0 Å². The van der Waals surface area contributed by atoms with Gasteiger partial charge in [-0.05, 0) is 34.1 Å². The molecule has 0 heterocycles. The van der Waals surface area contributed by atoms with Gasteiger partial charge in [-0.25, -0.2) is 0 Å². The van der Waals surface area contributed by atoms with E-state index in [9.17, 15) is 4.79 Å². The van der Waals surface area contributed by atoms with E-state index in [1.54, 1.807) is 7.11 Å². The van der Waals surface area contributed by atoms with Gasteiger partial charge in [0.15, 0.2) is 0 Å². The van der Waals surface area contributed by atoms with Crippen LogP contribution >= 0.6 is 0 Å². The fourth-order valence-electron chi connectivity index (χ4n) is 2.27. The van der Waals surface area contributed by atoms with Gasteiger partial charge in [0.1, 0.15) is 5.60 Å². The first-order chi connectivity index (χ1) is 7.04. The molecule has 1 unspecified atom stereocenters. The van der Waals surface area contributed by atoms with Crippen LogP contribution in [0.5, 0.6) is 0 Å². The molecular formula is C13H26O3. The average molecular weight is 230 g/mol. The Morgan fingerprint density at radius 3 is 1.75 bits per heavy atom. The van der Waals surface area contributed by atoms with Gasteiger partial charge in [-0.1, -0.05) is 13.8 Å². The van der Waals surface area contributed by atoms with Gasteiger partial charge in [-0.2, -0.15) is 0 Å². The molecule has 1 atom stereocenters. The maximum atomic E-state index is 11.2. The Balaban J connectivity index is 5.31. The Kier molecular flexibility index (Phi) is 4.57. The molecule has 0 radical (unpaired) electrons. The topological polar surface area (TPSA) is 35.5 Å². The molecule has 0 aliphatic heterocycles. The summed E-state index contributed by atoms with van der Waals surface area (Å²) < 4.78 is 11.0. The molecule has 0 saturated heterocycles. The van der Waals surface area contributed by atoms with E-state index in [2.05, 4.69) is 13.8 Å². The summed E-state index contributed by atoms with van der Waals surface area (Å²) in [5.41, 5.74) is -1.17. The van der Waals surface area contributed by atoms with E-state index in [1.807, 2.05) is 27.7 Å². The minimum absolute atomic E-state index is 0.250. The molecule has 0 aromatic heterocycles. The third kappa shape index (κ3) is 2.57. The van der Waals surface area contributed by atoms with Gasteiger partial charge < -0.3 is 9.47 Å². The Hall–Kier alpha value is -0.570. The number of ether oxygens (including phenoxy) is 2. The zero-order valence-corrected chi connectivity index (χ0v) is 11.9. The van der Waals surface area contributed by atoms with E-state index in [1.165, 1.54) is 6.92 Å². The normalized spacial score (nSPS) is 16.8. The van der Waals surface area contributed by atoms with Crippen LogP contribution in [0.4, 0.5) is 0 Å². The first-order valence-corrected chi connectivity index (χ1v) is 5.79. The summed E-state index contributed by atoms with van der Waals surface area (Å²) in [6.45, 7) is 13.6. The summed E-state index contributed by atoms with van der Waals surface area (Å²) >= 11 is 0. The lowest BCUT2D eigenvalue weighted by Gasteiger charge is -2.51. The highest BCUT2D eigenvalue weighted by Gasteiger charge is 2.52. The number of methoxy groups -OCH3 is 1. The molecule has 0 spiro atoms. The van der Waals surface area contributed by atoms with E-state index < -0.39 is 5.60 Å². The molecule has 0 aliphatic carbocycles. The highest BCUT2D eigenvalue weighted by Crippen LogP contribution is 2.47. The van der Waals surface area contributed by atoms with Crippen molar-refractivity contribution < 1.29 is 14.3 Å². The molecule has 96 valence electrons. The van der Waals surface area contributed by atoms with Crippen molar-refractivity contribution in [3.8, 4) is 0 Å². The summed E-state index contributed by atoms with van der Waals surface area (Å²) in [4.78, 5) is 11.2. The smallest absolute Gasteiger partial charge is 0.303 e. The molecule has 0 aliphatic rings. The standard InChI is InChI=1S/C13H26O3/c1-9-13(7,11(3,4)15-8)12(5,6)16-10(2)14/h9H2,1-8H3. The molecule has 0 N–H and O–H groups in total. The van der Waals surface area contributed by atoms with Crippen LogP contribution in [-0.2, 0) is 14.3 Å². The van der Waals surface area contributed by atoms with Gasteiger partial charge in [-0.15, -0.1) is 0 Å². The van der Waals surface area contributed by atoms with E-state index >= 15 is 0 Å². The fourth-order valence-corrected chi connectivity index (χ4v) is 2.27. The van der Waals surface area contributed by atoms with Crippen LogP contribution in [0.2, 0.25) is 0 Å². The molecule has 0 amide bonds. The Morgan fingerprint density at radius 1 is 1.06 bits per heavy atom. The first-order valence-electron chi connectivity index (χ1n) is 5.79. The lowest BCUT2D eigenvalue weighted by atomic mass is 9.63. The van der Waals surface area contributed by atoms with Crippen LogP contribution in [-0.4, -0.2) is 24.3 Å². The van der Waals surface area contributed by atoms with Crippen LogP contribution in [0.15, 0.2) is 0 Å². The van der Waals surface area contributed by atoms with Crippen LogP contribution in [0.1, 0.15) is 54.9 Å². The Bertz CT molecular complexity index is 256. The van der Waals surface area contributed by atoms with Crippen LogP contribution < -0.4 is 0 Å². The summed E-state index contributed by atoms with van der Waals surface area (Å²) in [6, 6.07) is 0. The highest BCUT2D eigenvalue weighted by atomic mass is 16.6. The van der Waals surface area contributed by atoms with E-state index in [4.69, 9.17) is 9.47 Å². The molecular weight excluding hydrogens is 204 g/mol. The van der Waals surface area contributed by atoms with E-state index in [0.29, 0.717) is 0 Å².